The first-order chi connectivity index (χ1) is 9.82. The molecule has 2 rings (SSSR count). The first-order valence-corrected chi connectivity index (χ1v) is 8.41. The molecular weight excluding hydrogens is 285 g/mol. The highest BCUT2D eigenvalue weighted by Gasteiger charge is 2.35. The molecule has 1 saturated carbocycles. The smallest absolute Gasteiger partial charge is 0.124 e. The van der Waals surface area contributed by atoms with Crippen molar-refractivity contribution >= 4 is 11.6 Å². The van der Waals surface area contributed by atoms with Gasteiger partial charge in [0.1, 0.15) is 5.82 Å². The molecule has 1 N–H and O–H groups in total. The van der Waals surface area contributed by atoms with Crippen molar-refractivity contribution in [2.24, 2.45) is 0 Å². The monoisotopic (exact) mass is 311 g/mol. The number of rotatable bonds is 3. The van der Waals surface area contributed by atoms with Crippen LogP contribution < -0.4 is 5.32 Å². The summed E-state index contributed by atoms with van der Waals surface area (Å²) in [6, 6.07) is 4.90. The van der Waals surface area contributed by atoms with E-state index in [4.69, 9.17) is 11.6 Å². The highest BCUT2D eigenvalue weighted by molar-refractivity contribution is 6.31. The summed E-state index contributed by atoms with van der Waals surface area (Å²) in [6.45, 7) is 7.46. The normalized spacial score (nSPS) is 19.3. The Morgan fingerprint density at radius 1 is 1.14 bits per heavy atom. The number of hydrogen-bond donors (Lipinski definition) is 1. The summed E-state index contributed by atoms with van der Waals surface area (Å²) in [5.74, 6) is -0.253. The Balaban J connectivity index is 2.34. The first-order valence-electron chi connectivity index (χ1n) is 8.03. The van der Waals surface area contributed by atoms with Gasteiger partial charge in [0.05, 0.1) is 0 Å². The van der Waals surface area contributed by atoms with Gasteiger partial charge in [-0.15, -0.1) is 0 Å². The predicted octanol–water partition coefficient (Wildman–Crippen LogP) is 5.46. The molecule has 0 atom stereocenters. The van der Waals surface area contributed by atoms with E-state index in [-0.39, 0.29) is 16.8 Å². The van der Waals surface area contributed by atoms with Crippen molar-refractivity contribution in [1.82, 2.24) is 5.32 Å². The topological polar surface area (TPSA) is 12.0 Å². The van der Waals surface area contributed by atoms with Crippen molar-refractivity contribution in [2.75, 3.05) is 6.54 Å². The van der Waals surface area contributed by atoms with Crippen LogP contribution in [0.5, 0.6) is 0 Å². The molecule has 1 aromatic rings. The van der Waals surface area contributed by atoms with E-state index >= 15 is 0 Å². The molecule has 3 heteroatoms. The fourth-order valence-electron chi connectivity index (χ4n) is 3.30. The van der Waals surface area contributed by atoms with Crippen LogP contribution in [0.2, 0.25) is 5.02 Å². The van der Waals surface area contributed by atoms with Gasteiger partial charge in [-0.2, -0.15) is 0 Å². The van der Waals surface area contributed by atoms with Crippen molar-refractivity contribution in [1.29, 1.82) is 0 Å². The van der Waals surface area contributed by atoms with Crippen LogP contribution in [0.1, 0.15) is 64.9 Å². The molecule has 0 spiro atoms. The van der Waals surface area contributed by atoms with E-state index in [2.05, 4.69) is 26.1 Å². The third kappa shape index (κ3) is 4.43. The maximum absolute atomic E-state index is 13.4. The van der Waals surface area contributed by atoms with Crippen molar-refractivity contribution in [3.8, 4) is 0 Å². The summed E-state index contributed by atoms with van der Waals surface area (Å²) in [6.07, 6.45) is 7.27. The zero-order valence-corrected chi connectivity index (χ0v) is 14.2. The van der Waals surface area contributed by atoms with E-state index in [1.807, 2.05) is 6.07 Å². The van der Waals surface area contributed by atoms with Gasteiger partial charge in [-0.05, 0) is 51.3 Å². The van der Waals surface area contributed by atoms with Gasteiger partial charge in [0.15, 0.2) is 0 Å². The average Bonchev–Trinajstić information content (AvgIpc) is 2.62. The van der Waals surface area contributed by atoms with Gasteiger partial charge in [-0.25, -0.2) is 4.39 Å². The molecule has 0 amide bonds. The second-order valence-corrected chi connectivity index (χ2v) is 7.83. The molecule has 0 radical (unpaired) electrons. The van der Waals surface area contributed by atoms with Crippen molar-refractivity contribution in [3.05, 3.63) is 34.6 Å². The lowest BCUT2D eigenvalue weighted by molar-refractivity contribution is 0.300. The molecule has 21 heavy (non-hydrogen) atoms. The Kier molecular flexibility index (Phi) is 5.32. The van der Waals surface area contributed by atoms with Gasteiger partial charge in [0.25, 0.3) is 0 Å². The minimum Gasteiger partial charge on any atom is -0.311 e. The zero-order valence-electron chi connectivity index (χ0n) is 13.4. The lowest BCUT2D eigenvalue weighted by Gasteiger charge is -2.37. The summed E-state index contributed by atoms with van der Waals surface area (Å²) < 4.78 is 13.4. The molecule has 0 heterocycles. The van der Waals surface area contributed by atoms with Gasteiger partial charge in [-0.1, -0.05) is 43.4 Å². The Labute approximate surface area is 133 Å². The quantitative estimate of drug-likeness (QED) is 0.731. The number of hydrogen-bond acceptors (Lipinski definition) is 1. The summed E-state index contributed by atoms with van der Waals surface area (Å²) in [5, 5.41) is 4.22. The standard InChI is InChI=1S/C18H27ClFN/c1-17(2,3)21-13-18(10-6-4-5-7-11-18)15-9-8-14(20)12-16(15)19/h8-9,12,21H,4-7,10-11,13H2,1-3H3. The molecule has 0 saturated heterocycles. The van der Waals surface area contributed by atoms with E-state index in [0.29, 0.717) is 5.02 Å². The van der Waals surface area contributed by atoms with Gasteiger partial charge in [-0.3, -0.25) is 0 Å². The fraction of sp³-hybridized carbons (Fsp3) is 0.667. The number of benzene rings is 1. The van der Waals surface area contributed by atoms with Crippen molar-refractivity contribution < 1.29 is 4.39 Å². The summed E-state index contributed by atoms with van der Waals surface area (Å²) in [5.41, 5.74) is 1.23. The Bertz CT molecular complexity index is 471. The molecule has 1 aliphatic rings. The second kappa shape index (κ2) is 6.66. The van der Waals surface area contributed by atoms with Crippen molar-refractivity contribution in [3.63, 3.8) is 0 Å². The zero-order chi connectivity index (χ0) is 15.5. The summed E-state index contributed by atoms with van der Waals surface area (Å²) >= 11 is 6.39. The highest BCUT2D eigenvalue weighted by atomic mass is 35.5. The maximum Gasteiger partial charge on any atom is 0.124 e. The van der Waals surface area contributed by atoms with E-state index in [0.717, 1.165) is 24.9 Å². The summed E-state index contributed by atoms with van der Waals surface area (Å²) in [7, 11) is 0. The van der Waals surface area contributed by atoms with E-state index in [9.17, 15) is 4.39 Å². The molecule has 1 fully saturated rings. The van der Waals surface area contributed by atoms with E-state index < -0.39 is 0 Å². The third-order valence-corrected chi connectivity index (χ3v) is 4.83. The van der Waals surface area contributed by atoms with Crippen LogP contribution in [0, 0.1) is 5.82 Å². The van der Waals surface area contributed by atoms with Gasteiger partial charge in [0, 0.05) is 22.5 Å². The van der Waals surface area contributed by atoms with Gasteiger partial charge in [0.2, 0.25) is 0 Å². The van der Waals surface area contributed by atoms with Crippen LogP contribution in [0.4, 0.5) is 4.39 Å². The van der Waals surface area contributed by atoms with Gasteiger partial charge < -0.3 is 5.32 Å². The SMILES string of the molecule is CC(C)(C)NCC1(c2ccc(F)cc2Cl)CCCCCC1. The van der Waals surface area contributed by atoms with Crippen LogP contribution in [0.25, 0.3) is 0 Å². The first kappa shape index (κ1) is 16.8. The lowest BCUT2D eigenvalue weighted by Crippen LogP contribution is -2.46. The fourth-order valence-corrected chi connectivity index (χ4v) is 3.67. The molecule has 0 bridgehead atoms. The predicted molar refractivity (Wildman–Crippen MR) is 88.5 cm³/mol. The highest BCUT2D eigenvalue weighted by Crippen LogP contribution is 2.41. The molecule has 0 unspecified atom stereocenters. The minimum atomic E-state index is -0.253. The summed E-state index contributed by atoms with van der Waals surface area (Å²) in [4.78, 5) is 0. The Morgan fingerprint density at radius 3 is 2.29 bits per heavy atom. The maximum atomic E-state index is 13.4. The Hall–Kier alpha value is -0.600. The Morgan fingerprint density at radius 2 is 1.76 bits per heavy atom. The van der Waals surface area contributed by atoms with E-state index in [1.165, 1.54) is 31.7 Å². The van der Waals surface area contributed by atoms with Crippen LogP contribution in [0.15, 0.2) is 18.2 Å². The third-order valence-electron chi connectivity index (χ3n) is 4.52. The van der Waals surface area contributed by atoms with Crippen molar-refractivity contribution in [2.45, 2.75) is 70.3 Å². The van der Waals surface area contributed by atoms with Crippen LogP contribution in [-0.4, -0.2) is 12.1 Å². The van der Waals surface area contributed by atoms with Crippen LogP contribution >= 0.6 is 11.6 Å². The van der Waals surface area contributed by atoms with Crippen LogP contribution in [0.3, 0.4) is 0 Å². The largest absolute Gasteiger partial charge is 0.311 e. The average molecular weight is 312 g/mol. The number of halogens is 2. The molecule has 0 aromatic heterocycles. The molecule has 118 valence electrons. The van der Waals surface area contributed by atoms with E-state index in [1.54, 1.807) is 6.07 Å². The van der Waals surface area contributed by atoms with Gasteiger partial charge >= 0.3 is 0 Å². The number of nitrogens with one attached hydrogen (secondary N) is 1. The molecule has 1 aliphatic carbocycles. The lowest BCUT2D eigenvalue weighted by atomic mass is 9.73. The molecular formula is C18H27ClFN. The van der Waals surface area contributed by atoms with Crippen LogP contribution in [-0.2, 0) is 5.41 Å². The minimum absolute atomic E-state index is 0.0363. The molecule has 1 aromatic carbocycles. The second-order valence-electron chi connectivity index (χ2n) is 7.42. The molecule has 0 aliphatic heterocycles. The molecule has 1 nitrogen and oxygen atoms in total.